The Kier molecular flexibility index (Phi) is 4.81. The first kappa shape index (κ1) is 14.6. The van der Waals surface area contributed by atoms with Gasteiger partial charge in [-0.15, -0.1) is 0 Å². The Morgan fingerprint density at radius 3 is 2.00 bits per heavy atom. The highest BCUT2D eigenvalue weighted by molar-refractivity contribution is 5.52. The summed E-state index contributed by atoms with van der Waals surface area (Å²) in [6.45, 7) is 6.36. The number of aromatic hydroxyl groups is 1. The molecule has 0 unspecified atom stereocenters. The van der Waals surface area contributed by atoms with Crippen LogP contribution >= 0.6 is 0 Å². The lowest BCUT2D eigenvalue weighted by molar-refractivity contribution is -0.0757. The molecule has 0 saturated carbocycles. The maximum atomic E-state index is 9.77. The summed E-state index contributed by atoms with van der Waals surface area (Å²) in [7, 11) is 2.99. The van der Waals surface area contributed by atoms with E-state index in [2.05, 4.69) is 5.48 Å². The average molecular weight is 255 g/mol. The van der Waals surface area contributed by atoms with Gasteiger partial charge in [0.2, 0.25) is 5.75 Å². The van der Waals surface area contributed by atoms with Crippen LogP contribution in [0.2, 0.25) is 0 Å². The Balaban J connectivity index is 2.77. The third-order valence-corrected chi connectivity index (χ3v) is 2.19. The Morgan fingerprint density at radius 1 is 1.11 bits per heavy atom. The van der Waals surface area contributed by atoms with Gasteiger partial charge in [-0.2, -0.15) is 5.48 Å². The standard InChI is InChI=1S/C13H21NO4/c1-13(2,3)18-14-8-9-6-10(16-4)12(15)11(7-9)17-5/h6-7,14-15H,8H2,1-5H3. The predicted octanol–water partition coefficient (Wildman–Crippen LogP) is 2.23. The quantitative estimate of drug-likeness (QED) is 0.790. The van der Waals surface area contributed by atoms with Gasteiger partial charge < -0.3 is 14.6 Å². The predicted molar refractivity (Wildman–Crippen MR) is 68.9 cm³/mol. The molecule has 5 heteroatoms. The van der Waals surface area contributed by atoms with Gasteiger partial charge in [0.1, 0.15) is 0 Å². The second-order valence-corrected chi connectivity index (χ2v) is 4.88. The lowest BCUT2D eigenvalue weighted by atomic mass is 10.2. The van der Waals surface area contributed by atoms with E-state index < -0.39 is 0 Å². The monoisotopic (exact) mass is 255 g/mol. The molecule has 0 fully saturated rings. The number of benzene rings is 1. The summed E-state index contributed by atoms with van der Waals surface area (Å²) in [5.74, 6) is 0.754. The first-order valence-corrected chi connectivity index (χ1v) is 5.72. The number of hydrogen-bond donors (Lipinski definition) is 2. The molecule has 0 amide bonds. The highest BCUT2D eigenvalue weighted by Gasteiger charge is 2.13. The summed E-state index contributed by atoms with van der Waals surface area (Å²) in [5.41, 5.74) is 3.51. The molecule has 2 N–H and O–H groups in total. The van der Waals surface area contributed by atoms with Crippen molar-refractivity contribution in [1.29, 1.82) is 0 Å². The molecule has 0 saturated heterocycles. The molecule has 0 spiro atoms. The summed E-state index contributed by atoms with van der Waals surface area (Å²) in [6.07, 6.45) is 0. The molecule has 0 bridgehead atoms. The highest BCUT2D eigenvalue weighted by Crippen LogP contribution is 2.36. The van der Waals surface area contributed by atoms with E-state index in [4.69, 9.17) is 14.3 Å². The average Bonchev–Trinajstić information content (AvgIpc) is 2.29. The largest absolute Gasteiger partial charge is 0.502 e. The van der Waals surface area contributed by atoms with Crippen LogP contribution in [0.1, 0.15) is 26.3 Å². The van der Waals surface area contributed by atoms with Gasteiger partial charge in [-0.25, -0.2) is 0 Å². The molecule has 1 aromatic carbocycles. The second kappa shape index (κ2) is 5.93. The van der Waals surface area contributed by atoms with Crippen LogP contribution < -0.4 is 15.0 Å². The Bertz CT molecular complexity index is 373. The molecule has 0 aliphatic rings. The number of nitrogens with one attached hydrogen (secondary N) is 1. The third-order valence-electron chi connectivity index (χ3n) is 2.19. The van der Waals surface area contributed by atoms with Gasteiger partial charge in [-0.05, 0) is 38.5 Å². The first-order valence-electron chi connectivity index (χ1n) is 5.72. The Labute approximate surface area is 108 Å². The number of rotatable bonds is 5. The molecule has 102 valence electrons. The molecular formula is C13H21NO4. The first-order chi connectivity index (χ1) is 8.37. The second-order valence-electron chi connectivity index (χ2n) is 4.88. The van der Waals surface area contributed by atoms with Crippen LogP contribution in [0, 0.1) is 0 Å². The van der Waals surface area contributed by atoms with E-state index in [1.54, 1.807) is 12.1 Å². The zero-order chi connectivity index (χ0) is 13.8. The maximum Gasteiger partial charge on any atom is 0.200 e. The molecule has 0 heterocycles. The van der Waals surface area contributed by atoms with Crippen molar-refractivity contribution in [3.63, 3.8) is 0 Å². The van der Waals surface area contributed by atoms with Crippen molar-refractivity contribution in [2.24, 2.45) is 0 Å². The van der Waals surface area contributed by atoms with Crippen LogP contribution in [0.25, 0.3) is 0 Å². The van der Waals surface area contributed by atoms with Gasteiger partial charge in [-0.3, -0.25) is 4.84 Å². The number of phenols is 1. The SMILES string of the molecule is COc1cc(CNOC(C)(C)C)cc(OC)c1O. The van der Waals surface area contributed by atoms with Crippen LogP contribution in [-0.2, 0) is 11.4 Å². The number of hydrogen-bond acceptors (Lipinski definition) is 5. The van der Waals surface area contributed by atoms with Gasteiger partial charge in [0.05, 0.1) is 19.8 Å². The van der Waals surface area contributed by atoms with E-state index in [1.807, 2.05) is 20.8 Å². The normalized spacial score (nSPS) is 11.4. The molecular weight excluding hydrogens is 234 g/mol. The maximum absolute atomic E-state index is 9.77. The molecule has 0 aliphatic carbocycles. The molecule has 1 rings (SSSR count). The molecule has 5 nitrogen and oxygen atoms in total. The van der Waals surface area contributed by atoms with E-state index in [-0.39, 0.29) is 11.4 Å². The molecule has 0 aromatic heterocycles. The minimum absolute atomic E-state index is 0.000453. The number of phenolic OH excluding ortho intramolecular Hbond substituents is 1. The van der Waals surface area contributed by atoms with Crippen LogP contribution in [0.3, 0.4) is 0 Å². The zero-order valence-corrected chi connectivity index (χ0v) is 11.5. The van der Waals surface area contributed by atoms with Crippen molar-refractivity contribution in [2.75, 3.05) is 14.2 Å². The number of hydroxylamine groups is 1. The van der Waals surface area contributed by atoms with Gasteiger partial charge in [-0.1, -0.05) is 0 Å². The lowest BCUT2D eigenvalue weighted by Gasteiger charge is -2.19. The van der Waals surface area contributed by atoms with Gasteiger partial charge in [0, 0.05) is 6.54 Å². The van der Waals surface area contributed by atoms with Gasteiger partial charge in [0.15, 0.2) is 11.5 Å². The van der Waals surface area contributed by atoms with Crippen molar-refractivity contribution in [1.82, 2.24) is 5.48 Å². The van der Waals surface area contributed by atoms with E-state index in [0.29, 0.717) is 18.0 Å². The van der Waals surface area contributed by atoms with Crippen molar-refractivity contribution < 1.29 is 19.4 Å². The van der Waals surface area contributed by atoms with Gasteiger partial charge in [0.25, 0.3) is 0 Å². The summed E-state index contributed by atoms with van der Waals surface area (Å²) in [4.78, 5) is 5.42. The Hall–Kier alpha value is -1.46. The Morgan fingerprint density at radius 2 is 1.61 bits per heavy atom. The molecule has 0 radical (unpaired) electrons. The zero-order valence-electron chi connectivity index (χ0n) is 11.5. The fourth-order valence-electron chi connectivity index (χ4n) is 1.39. The number of ether oxygens (including phenoxy) is 2. The fourth-order valence-corrected chi connectivity index (χ4v) is 1.39. The topological polar surface area (TPSA) is 60.0 Å². The summed E-state index contributed by atoms with van der Waals surface area (Å²) >= 11 is 0. The lowest BCUT2D eigenvalue weighted by Crippen LogP contribution is -2.28. The van der Waals surface area contributed by atoms with Crippen LogP contribution in [0.15, 0.2) is 12.1 Å². The van der Waals surface area contributed by atoms with Gasteiger partial charge >= 0.3 is 0 Å². The third kappa shape index (κ3) is 4.09. The van der Waals surface area contributed by atoms with Crippen LogP contribution in [0.5, 0.6) is 17.2 Å². The molecule has 0 atom stereocenters. The molecule has 18 heavy (non-hydrogen) atoms. The van der Waals surface area contributed by atoms with Crippen molar-refractivity contribution in [3.8, 4) is 17.2 Å². The van der Waals surface area contributed by atoms with Crippen molar-refractivity contribution >= 4 is 0 Å². The minimum Gasteiger partial charge on any atom is -0.502 e. The smallest absolute Gasteiger partial charge is 0.200 e. The van der Waals surface area contributed by atoms with Crippen molar-refractivity contribution in [2.45, 2.75) is 32.9 Å². The summed E-state index contributed by atoms with van der Waals surface area (Å²) < 4.78 is 10.2. The fraction of sp³-hybridized carbons (Fsp3) is 0.538. The minimum atomic E-state index is -0.259. The van der Waals surface area contributed by atoms with Crippen molar-refractivity contribution in [3.05, 3.63) is 17.7 Å². The van der Waals surface area contributed by atoms with E-state index in [1.165, 1.54) is 14.2 Å². The molecule has 1 aromatic rings. The number of methoxy groups -OCH3 is 2. The summed E-state index contributed by atoms with van der Waals surface area (Å²) in [5, 5.41) is 9.77. The molecule has 0 aliphatic heterocycles. The summed E-state index contributed by atoms with van der Waals surface area (Å²) in [6, 6.07) is 3.47. The van der Waals surface area contributed by atoms with E-state index in [9.17, 15) is 5.11 Å². The highest BCUT2D eigenvalue weighted by atomic mass is 16.7. The van der Waals surface area contributed by atoms with E-state index >= 15 is 0 Å². The van der Waals surface area contributed by atoms with Crippen LogP contribution in [0.4, 0.5) is 0 Å². The van der Waals surface area contributed by atoms with Crippen LogP contribution in [-0.4, -0.2) is 24.9 Å². The van der Waals surface area contributed by atoms with E-state index in [0.717, 1.165) is 5.56 Å².